The number of ether oxygens (including phenoxy) is 1. The molecule has 0 radical (unpaired) electrons. The Hall–Kier alpha value is -2.92. The summed E-state index contributed by atoms with van der Waals surface area (Å²) in [5, 5.41) is 10.7. The van der Waals surface area contributed by atoms with E-state index in [2.05, 4.69) is 0 Å². The van der Waals surface area contributed by atoms with Gasteiger partial charge in [-0.2, -0.15) is 13.0 Å². The van der Waals surface area contributed by atoms with Crippen molar-refractivity contribution in [3.05, 3.63) is 70.0 Å². The van der Waals surface area contributed by atoms with Crippen molar-refractivity contribution in [2.45, 2.75) is 32.7 Å². The fourth-order valence-corrected chi connectivity index (χ4v) is 5.80. The van der Waals surface area contributed by atoms with Crippen LogP contribution in [0, 0.1) is 0 Å². The van der Waals surface area contributed by atoms with Gasteiger partial charge in [0.2, 0.25) is 11.4 Å². The molecule has 0 saturated heterocycles. The predicted molar refractivity (Wildman–Crippen MR) is 141 cm³/mol. The van der Waals surface area contributed by atoms with Gasteiger partial charge >= 0.3 is 5.97 Å². The van der Waals surface area contributed by atoms with E-state index in [1.54, 1.807) is 29.5 Å². The van der Waals surface area contributed by atoms with Gasteiger partial charge in [-0.1, -0.05) is 42.0 Å². The Morgan fingerprint density at radius 3 is 2.75 bits per heavy atom. The molecule has 3 aromatic rings. The average molecular weight is 550 g/mol. The minimum Gasteiger partial charge on any atom is -0.481 e. The summed E-state index contributed by atoms with van der Waals surface area (Å²) in [6, 6.07) is 13.1. The first-order chi connectivity index (χ1) is 17.1. The van der Waals surface area contributed by atoms with Crippen LogP contribution in [0.1, 0.15) is 31.2 Å². The molecule has 0 fully saturated rings. The summed E-state index contributed by atoms with van der Waals surface area (Å²) in [6.07, 6.45) is 4.80. The van der Waals surface area contributed by atoms with Crippen LogP contribution >= 0.6 is 22.9 Å². The molecule has 0 amide bonds. The van der Waals surface area contributed by atoms with Crippen LogP contribution in [0.3, 0.4) is 0 Å². The standard InChI is InChI=1S/C25H25ClN2O6S2/c1-2-17(15-24-28(12-10-25(29)30)19-6-3-4-7-22(19)35-24)14-23-27(11-5-13-36(31,32)33)20-16-18(26)8-9-21(20)34-23/h3-4,6-9,14-16H,2,5,10-13H2,1H3,(H-,29,30,31,32,33)/p+1. The normalized spacial score (nSPS) is 14.9. The van der Waals surface area contributed by atoms with Crippen LogP contribution < -0.4 is 14.2 Å². The molecule has 0 aliphatic carbocycles. The molecular weight excluding hydrogens is 524 g/mol. The maximum Gasteiger partial charge on any atom is 0.309 e. The number of aromatic nitrogens is 1. The number of benzene rings is 2. The summed E-state index contributed by atoms with van der Waals surface area (Å²) in [7, 11) is -4.08. The van der Waals surface area contributed by atoms with Gasteiger partial charge in [0.05, 0.1) is 11.4 Å². The summed E-state index contributed by atoms with van der Waals surface area (Å²) in [5.74, 6) is -0.101. The van der Waals surface area contributed by atoms with E-state index in [1.165, 1.54) is 0 Å². The lowest BCUT2D eigenvalue weighted by Crippen LogP contribution is -2.36. The van der Waals surface area contributed by atoms with Gasteiger partial charge in [-0.3, -0.25) is 9.35 Å². The van der Waals surface area contributed by atoms with Gasteiger partial charge in [0, 0.05) is 29.8 Å². The Morgan fingerprint density at radius 2 is 2.03 bits per heavy atom. The van der Waals surface area contributed by atoms with Gasteiger partial charge in [0.1, 0.15) is 11.1 Å². The van der Waals surface area contributed by atoms with E-state index in [0.717, 1.165) is 26.5 Å². The SMILES string of the molecule is CCC(=Cc1sc2ccccc2[n+]1CCC(=O)O)C=C1Oc2ccc(Cl)cc2N1CCCS(=O)(=O)O. The van der Waals surface area contributed by atoms with Gasteiger partial charge in [-0.15, -0.1) is 0 Å². The second kappa shape index (κ2) is 11.0. The first-order valence-electron chi connectivity index (χ1n) is 11.4. The van der Waals surface area contributed by atoms with E-state index in [4.69, 9.17) is 20.9 Å². The highest BCUT2D eigenvalue weighted by Crippen LogP contribution is 2.41. The number of fused-ring (bicyclic) bond motifs is 2. The molecule has 2 N–H and O–H groups in total. The first kappa shape index (κ1) is 26.2. The Morgan fingerprint density at radius 1 is 1.25 bits per heavy atom. The van der Waals surface area contributed by atoms with Crippen LogP contribution in [0.5, 0.6) is 5.75 Å². The highest BCUT2D eigenvalue weighted by molar-refractivity contribution is 7.85. The third kappa shape index (κ3) is 6.25. The van der Waals surface area contributed by atoms with Gasteiger partial charge in [-0.25, -0.2) is 0 Å². The van der Waals surface area contributed by atoms with Gasteiger partial charge in [0.15, 0.2) is 12.3 Å². The molecule has 0 atom stereocenters. The number of carboxylic acids is 1. The average Bonchev–Trinajstić information content (AvgIpc) is 3.33. The van der Waals surface area contributed by atoms with Crippen molar-refractivity contribution < 1.29 is 32.2 Å². The number of thiazole rings is 1. The van der Waals surface area contributed by atoms with Gasteiger partial charge < -0.3 is 14.7 Å². The number of halogens is 1. The minimum atomic E-state index is -4.08. The van der Waals surface area contributed by atoms with Crippen molar-refractivity contribution in [2.24, 2.45) is 0 Å². The van der Waals surface area contributed by atoms with Crippen molar-refractivity contribution in [1.29, 1.82) is 0 Å². The zero-order chi connectivity index (χ0) is 25.9. The molecule has 2 aromatic carbocycles. The first-order valence-corrected chi connectivity index (χ1v) is 14.2. The molecule has 2 heterocycles. The van der Waals surface area contributed by atoms with E-state index in [1.807, 2.05) is 52.8 Å². The second-order valence-corrected chi connectivity index (χ2v) is 11.3. The lowest BCUT2D eigenvalue weighted by Gasteiger charge is -2.18. The van der Waals surface area contributed by atoms with Crippen LogP contribution in [0.2, 0.25) is 5.02 Å². The fraction of sp³-hybridized carbons (Fsp3) is 0.280. The molecule has 11 heteroatoms. The number of rotatable bonds is 10. The summed E-state index contributed by atoms with van der Waals surface area (Å²) in [4.78, 5) is 13.1. The molecular formula is C25H26ClN2O6S2+. The molecule has 1 aliphatic heterocycles. The fourth-order valence-electron chi connectivity index (χ4n) is 3.98. The number of anilines is 1. The number of carboxylic acid groups (broad SMARTS) is 1. The highest BCUT2D eigenvalue weighted by Gasteiger charge is 2.27. The largest absolute Gasteiger partial charge is 0.481 e. The smallest absolute Gasteiger partial charge is 0.309 e. The lowest BCUT2D eigenvalue weighted by atomic mass is 10.2. The minimum absolute atomic E-state index is 0.00943. The van der Waals surface area contributed by atoms with Crippen LogP contribution in [0.15, 0.2) is 60.0 Å². The number of hydrogen-bond donors (Lipinski definition) is 2. The zero-order valence-corrected chi connectivity index (χ0v) is 21.9. The van der Waals surface area contributed by atoms with Crippen molar-refractivity contribution in [2.75, 3.05) is 17.2 Å². The Labute approximate surface area is 218 Å². The summed E-state index contributed by atoms with van der Waals surface area (Å²) >= 11 is 7.78. The zero-order valence-electron chi connectivity index (χ0n) is 19.6. The van der Waals surface area contributed by atoms with Gasteiger partial charge in [-0.05, 0) is 42.7 Å². The molecule has 0 saturated carbocycles. The van der Waals surface area contributed by atoms with E-state index >= 15 is 0 Å². The third-order valence-corrected chi connectivity index (χ3v) is 7.84. The van der Waals surface area contributed by atoms with E-state index < -0.39 is 16.1 Å². The van der Waals surface area contributed by atoms with Crippen molar-refractivity contribution in [3.8, 4) is 5.75 Å². The van der Waals surface area contributed by atoms with E-state index in [9.17, 15) is 18.3 Å². The number of hydrogen-bond acceptors (Lipinski definition) is 6. The lowest BCUT2D eigenvalue weighted by molar-refractivity contribution is -0.667. The molecule has 8 nitrogen and oxygen atoms in total. The monoisotopic (exact) mass is 549 g/mol. The maximum absolute atomic E-state index is 11.2. The Bertz CT molecular complexity index is 1460. The van der Waals surface area contributed by atoms with E-state index in [0.29, 0.717) is 36.2 Å². The van der Waals surface area contributed by atoms with Crippen molar-refractivity contribution >= 4 is 61.0 Å². The molecule has 4 rings (SSSR count). The highest BCUT2D eigenvalue weighted by atomic mass is 35.5. The summed E-state index contributed by atoms with van der Waals surface area (Å²) in [6.45, 7) is 2.66. The predicted octanol–water partition coefficient (Wildman–Crippen LogP) is 5.13. The molecule has 0 spiro atoms. The summed E-state index contributed by atoms with van der Waals surface area (Å²) < 4.78 is 40.8. The second-order valence-electron chi connectivity index (χ2n) is 8.26. The summed E-state index contributed by atoms with van der Waals surface area (Å²) in [5.41, 5.74) is 2.64. The molecule has 0 bridgehead atoms. The van der Waals surface area contributed by atoms with Gasteiger partial charge in [0.25, 0.3) is 15.1 Å². The number of para-hydroxylation sites is 1. The maximum atomic E-state index is 11.2. The number of allylic oxidation sites excluding steroid dienone is 2. The van der Waals surface area contributed by atoms with Crippen LogP contribution in [-0.2, 0) is 21.5 Å². The molecule has 1 aliphatic rings. The molecule has 190 valence electrons. The topological polar surface area (TPSA) is 108 Å². The number of aryl methyl sites for hydroxylation is 1. The quantitative estimate of drug-likeness (QED) is 0.266. The molecule has 0 unspecified atom stereocenters. The molecule has 36 heavy (non-hydrogen) atoms. The number of aliphatic carboxylic acids is 1. The third-order valence-electron chi connectivity index (χ3n) is 5.69. The van der Waals surface area contributed by atoms with Crippen LogP contribution in [0.4, 0.5) is 5.69 Å². The Balaban J connectivity index is 1.70. The molecule has 1 aromatic heterocycles. The van der Waals surface area contributed by atoms with E-state index in [-0.39, 0.29) is 18.6 Å². The van der Waals surface area contributed by atoms with Crippen molar-refractivity contribution in [1.82, 2.24) is 0 Å². The number of carbonyl (C=O) groups is 1. The van der Waals surface area contributed by atoms with Crippen molar-refractivity contribution in [3.63, 3.8) is 0 Å². The number of nitrogens with zero attached hydrogens (tertiary/aromatic N) is 2. The van der Waals surface area contributed by atoms with Crippen LogP contribution in [-0.4, -0.2) is 36.3 Å². The Kier molecular flexibility index (Phi) is 7.99. The van der Waals surface area contributed by atoms with Crippen LogP contribution in [0.25, 0.3) is 16.3 Å².